The van der Waals surface area contributed by atoms with Crippen molar-refractivity contribution in [2.45, 2.75) is 32.9 Å². The van der Waals surface area contributed by atoms with Crippen molar-refractivity contribution in [1.29, 1.82) is 0 Å². The second-order valence-corrected chi connectivity index (χ2v) is 7.27. The number of carbonyl (C=O) groups excluding carboxylic acids is 2. The van der Waals surface area contributed by atoms with Gasteiger partial charge in [-0.05, 0) is 57.1 Å². The van der Waals surface area contributed by atoms with E-state index in [2.05, 4.69) is 20.6 Å². The highest BCUT2D eigenvalue weighted by molar-refractivity contribution is 6.10. The third-order valence-electron chi connectivity index (χ3n) is 5.04. The maximum atomic E-state index is 12.7. The summed E-state index contributed by atoms with van der Waals surface area (Å²) in [5, 5.41) is 9.86. The number of aryl methyl sites for hydroxylation is 1. The molecule has 0 saturated carbocycles. The summed E-state index contributed by atoms with van der Waals surface area (Å²) in [6.45, 7) is 5.29. The third-order valence-corrected chi connectivity index (χ3v) is 5.04. The predicted molar refractivity (Wildman–Crippen MR) is 113 cm³/mol. The van der Waals surface area contributed by atoms with Gasteiger partial charge in [0.05, 0.1) is 12.2 Å². The van der Waals surface area contributed by atoms with Crippen molar-refractivity contribution in [2.24, 2.45) is 0 Å². The molecule has 2 aromatic heterocycles. The van der Waals surface area contributed by atoms with Gasteiger partial charge in [0.25, 0.3) is 11.8 Å². The Hall–Kier alpha value is -3.39. The minimum absolute atomic E-state index is 0.151. The average molecular weight is 407 g/mol. The zero-order chi connectivity index (χ0) is 20.9. The van der Waals surface area contributed by atoms with E-state index in [-0.39, 0.29) is 11.5 Å². The van der Waals surface area contributed by atoms with Crippen LogP contribution in [0.15, 0.2) is 53.1 Å². The first kappa shape index (κ1) is 19.9. The van der Waals surface area contributed by atoms with Gasteiger partial charge in [-0.1, -0.05) is 18.2 Å². The third kappa shape index (κ3) is 4.60. The van der Waals surface area contributed by atoms with Crippen LogP contribution in [0.4, 0.5) is 11.4 Å². The van der Waals surface area contributed by atoms with Crippen LogP contribution < -0.4 is 10.6 Å². The van der Waals surface area contributed by atoms with Crippen LogP contribution in [0.25, 0.3) is 0 Å². The normalized spacial score (nSPS) is 14.0. The molecule has 2 N–H and O–H groups in total. The first-order chi connectivity index (χ1) is 14.6. The van der Waals surface area contributed by atoms with Crippen LogP contribution in [-0.4, -0.2) is 39.6 Å². The molecule has 8 nitrogen and oxygen atoms in total. The first-order valence-corrected chi connectivity index (χ1v) is 10.2. The lowest BCUT2D eigenvalue weighted by Crippen LogP contribution is -2.18. The van der Waals surface area contributed by atoms with Gasteiger partial charge in [-0.2, -0.15) is 5.10 Å². The summed E-state index contributed by atoms with van der Waals surface area (Å²) in [6.07, 6.45) is 4.04. The summed E-state index contributed by atoms with van der Waals surface area (Å²) >= 11 is 0. The fourth-order valence-corrected chi connectivity index (χ4v) is 3.48. The number of furan rings is 1. The Bertz CT molecular complexity index is 1020. The summed E-state index contributed by atoms with van der Waals surface area (Å²) in [4.78, 5) is 27.7. The van der Waals surface area contributed by atoms with Crippen molar-refractivity contribution >= 4 is 23.2 Å². The van der Waals surface area contributed by atoms with E-state index in [0.717, 1.165) is 18.8 Å². The van der Waals surface area contributed by atoms with Gasteiger partial charge >= 0.3 is 0 Å². The number of likely N-dealkylation sites (tertiary alicyclic amines) is 1. The van der Waals surface area contributed by atoms with Crippen LogP contribution >= 0.6 is 0 Å². The second-order valence-electron chi connectivity index (χ2n) is 7.27. The number of amides is 2. The number of aromatic nitrogens is 2. The zero-order valence-corrected chi connectivity index (χ0v) is 16.9. The molecule has 0 aliphatic carbocycles. The highest BCUT2D eigenvalue weighted by atomic mass is 16.4. The minimum atomic E-state index is -0.410. The minimum Gasteiger partial charge on any atom is -0.455 e. The molecule has 4 rings (SSSR count). The lowest BCUT2D eigenvalue weighted by atomic mass is 10.3. The van der Waals surface area contributed by atoms with Crippen molar-refractivity contribution < 1.29 is 14.0 Å². The molecular formula is C22H25N5O3. The molecule has 0 spiro atoms. The summed E-state index contributed by atoms with van der Waals surface area (Å²) in [7, 11) is 0. The van der Waals surface area contributed by atoms with E-state index >= 15 is 0 Å². The maximum Gasteiger partial charge on any atom is 0.291 e. The molecule has 0 unspecified atom stereocenters. The first-order valence-electron chi connectivity index (χ1n) is 10.2. The van der Waals surface area contributed by atoms with Gasteiger partial charge in [-0.25, -0.2) is 0 Å². The highest BCUT2D eigenvalue weighted by Crippen LogP contribution is 2.20. The standard InChI is InChI=1S/C22H25N5O3/c1-2-27-15-18(20(25-27)22(29)23-16-8-4-3-5-9-16)24-21(28)19-11-10-17(30-19)14-26-12-6-7-13-26/h3-5,8-11,15H,2,6-7,12-14H2,1H3,(H,23,29)(H,24,28). The van der Waals surface area contributed by atoms with E-state index in [4.69, 9.17) is 4.42 Å². The lowest BCUT2D eigenvalue weighted by Gasteiger charge is -2.11. The van der Waals surface area contributed by atoms with Gasteiger partial charge in [-0.15, -0.1) is 0 Å². The van der Waals surface area contributed by atoms with Crippen molar-refractivity contribution in [3.8, 4) is 0 Å². The van der Waals surface area contributed by atoms with Gasteiger partial charge in [-0.3, -0.25) is 19.2 Å². The van der Waals surface area contributed by atoms with E-state index in [0.29, 0.717) is 24.5 Å². The molecule has 0 bridgehead atoms. The molecule has 1 aliphatic rings. The van der Waals surface area contributed by atoms with E-state index in [1.165, 1.54) is 12.8 Å². The molecule has 156 valence electrons. The molecule has 3 aromatic rings. The smallest absolute Gasteiger partial charge is 0.291 e. The van der Waals surface area contributed by atoms with Crippen LogP contribution in [0.2, 0.25) is 0 Å². The van der Waals surface area contributed by atoms with Crippen LogP contribution in [0.5, 0.6) is 0 Å². The second kappa shape index (κ2) is 8.96. The number of anilines is 2. The van der Waals surface area contributed by atoms with Crippen LogP contribution in [0, 0.1) is 0 Å². The highest BCUT2D eigenvalue weighted by Gasteiger charge is 2.21. The van der Waals surface area contributed by atoms with E-state index in [9.17, 15) is 9.59 Å². The summed E-state index contributed by atoms with van der Waals surface area (Å²) < 4.78 is 7.33. The Balaban J connectivity index is 1.47. The SMILES string of the molecule is CCn1cc(NC(=O)c2ccc(CN3CCCC3)o2)c(C(=O)Nc2ccccc2)n1. The molecule has 3 heterocycles. The quantitative estimate of drug-likeness (QED) is 0.624. The number of hydrogen-bond donors (Lipinski definition) is 2. The number of para-hydroxylation sites is 1. The van der Waals surface area contributed by atoms with Crippen LogP contribution in [0.1, 0.15) is 46.6 Å². The van der Waals surface area contributed by atoms with Gasteiger partial charge in [0.15, 0.2) is 11.5 Å². The fraction of sp³-hybridized carbons (Fsp3) is 0.318. The number of hydrogen-bond acceptors (Lipinski definition) is 5. The van der Waals surface area contributed by atoms with E-state index in [1.54, 1.807) is 29.1 Å². The Morgan fingerprint density at radius 1 is 1.03 bits per heavy atom. The fourth-order valence-electron chi connectivity index (χ4n) is 3.48. The summed E-state index contributed by atoms with van der Waals surface area (Å²) in [5.74, 6) is 0.168. The van der Waals surface area contributed by atoms with Crippen molar-refractivity contribution in [3.63, 3.8) is 0 Å². The molecular weight excluding hydrogens is 382 g/mol. The summed E-state index contributed by atoms with van der Waals surface area (Å²) in [6, 6.07) is 12.6. The molecule has 2 amide bonds. The lowest BCUT2D eigenvalue weighted by molar-refractivity contribution is 0.0993. The largest absolute Gasteiger partial charge is 0.455 e. The summed E-state index contributed by atoms with van der Waals surface area (Å²) in [5.41, 5.74) is 1.15. The topological polar surface area (TPSA) is 92.4 Å². The monoisotopic (exact) mass is 407 g/mol. The Kier molecular flexibility index (Phi) is 5.94. The Labute approximate surface area is 174 Å². The van der Waals surface area contributed by atoms with Gasteiger partial charge in [0.2, 0.25) is 0 Å². The molecule has 1 saturated heterocycles. The number of benzene rings is 1. The Morgan fingerprint density at radius 3 is 2.53 bits per heavy atom. The number of nitrogens with zero attached hydrogens (tertiary/aromatic N) is 3. The van der Waals surface area contributed by atoms with E-state index < -0.39 is 11.8 Å². The average Bonchev–Trinajstić information content (AvgIpc) is 3.50. The van der Waals surface area contributed by atoms with Crippen molar-refractivity contribution in [3.05, 3.63) is 65.9 Å². The van der Waals surface area contributed by atoms with Crippen LogP contribution in [0.3, 0.4) is 0 Å². The predicted octanol–water partition coefficient (Wildman–Crippen LogP) is 3.60. The van der Waals surface area contributed by atoms with E-state index in [1.807, 2.05) is 31.2 Å². The molecule has 1 aromatic carbocycles. The molecule has 0 atom stereocenters. The van der Waals surface area contributed by atoms with Crippen LogP contribution in [-0.2, 0) is 13.1 Å². The van der Waals surface area contributed by atoms with Gasteiger partial charge in [0, 0.05) is 18.4 Å². The molecule has 1 aliphatic heterocycles. The number of rotatable bonds is 7. The number of nitrogens with one attached hydrogen (secondary N) is 2. The van der Waals surface area contributed by atoms with Crippen molar-refractivity contribution in [1.82, 2.24) is 14.7 Å². The maximum absolute atomic E-state index is 12.7. The molecule has 0 radical (unpaired) electrons. The Morgan fingerprint density at radius 2 is 1.80 bits per heavy atom. The van der Waals surface area contributed by atoms with Gasteiger partial charge < -0.3 is 15.1 Å². The number of carbonyl (C=O) groups is 2. The van der Waals surface area contributed by atoms with Crippen molar-refractivity contribution in [2.75, 3.05) is 23.7 Å². The molecule has 8 heteroatoms. The molecule has 1 fully saturated rings. The molecule has 30 heavy (non-hydrogen) atoms. The van der Waals surface area contributed by atoms with Gasteiger partial charge in [0.1, 0.15) is 5.76 Å². The zero-order valence-electron chi connectivity index (χ0n) is 16.9.